The van der Waals surface area contributed by atoms with Gasteiger partial charge in [-0.25, -0.2) is 0 Å². The molecule has 0 aromatic heterocycles. The summed E-state index contributed by atoms with van der Waals surface area (Å²) in [7, 11) is 2.07. The van der Waals surface area contributed by atoms with Crippen molar-refractivity contribution in [2.24, 2.45) is 0 Å². The molecule has 1 aromatic rings. The summed E-state index contributed by atoms with van der Waals surface area (Å²) in [4.78, 5) is 2.19. The molecule has 3 nitrogen and oxygen atoms in total. The Labute approximate surface area is 103 Å². The van der Waals surface area contributed by atoms with E-state index in [4.69, 9.17) is 0 Å². The van der Waals surface area contributed by atoms with E-state index in [1.54, 1.807) is 0 Å². The number of anilines is 1. The highest BCUT2D eigenvalue weighted by atomic mass is 16.3. The third-order valence-corrected chi connectivity index (χ3v) is 3.24. The van der Waals surface area contributed by atoms with Crippen LogP contribution in [0.4, 0.5) is 5.69 Å². The average molecular weight is 234 g/mol. The topological polar surface area (TPSA) is 35.5 Å². The van der Waals surface area contributed by atoms with Gasteiger partial charge in [0.1, 0.15) is 0 Å². The predicted octanol–water partition coefficient (Wildman–Crippen LogP) is 1.54. The maximum Gasteiger partial charge on any atom is 0.0602 e. The second-order valence-electron chi connectivity index (χ2n) is 5.04. The standard InChI is InChI=1S/C14H22N2O/c1-11-3-7-14(8-4-11)16(2)9-13(10-17)15-12-5-6-12/h3-4,7-8,12-13,15,17H,5-6,9-10H2,1-2H3. The van der Waals surface area contributed by atoms with Crippen LogP contribution in [-0.2, 0) is 0 Å². The van der Waals surface area contributed by atoms with Gasteiger partial charge in [0.2, 0.25) is 0 Å². The first kappa shape index (κ1) is 12.4. The van der Waals surface area contributed by atoms with Crippen molar-refractivity contribution in [2.75, 3.05) is 25.1 Å². The molecule has 1 aliphatic carbocycles. The Morgan fingerprint density at radius 2 is 2.00 bits per heavy atom. The molecular weight excluding hydrogens is 212 g/mol. The molecular formula is C14H22N2O. The Morgan fingerprint density at radius 3 is 2.53 bits per heavy atom. The van der Waals surface area contributed by atoms with Gasteiger partial charge in [0, 0.05) is 31.4 Å². The summed E-state index contributed by atoms with van der Waals surface area (Å²) in [6, 6.07) is 9.30. The molecule has 1 unspecified atom stereocenters. The van der Waals surface area contributed by atoms with E-state index in [9.17, 15) is 5.11 Å². The van der Waals surface area contributed by atoms with Crippen molar-refractivity contribution >= 4 is 5.69 Å². The number of aryl methyl sites for hydroxylation is 1. The highest BCUT2D eigenvalue weighted by Gasteiger charge is 2.24. The van der Waals surface area contributed by atoms with E-state index in [2.05, 4.69) is 48.5 Å². The molecule has 1 aliphatic rings. The molecule has 17 heavy (non-hydrogen) atoms. The summed E-state index contributed by atoms with van der Waals surface area (Å²) in [5.41, 5.74) is 2.48. The van der Waals surface area contributed by atoms with Gasteiger partial charge in [0.15, 0.2) is 0 Å². The van der Waals surface area contributed by atoms with Crippen LogP contribution in [0.5, 0.6) is 0 Å². The summed E-state index contributed by atoms with van der Waals surface area (Å²) >= 11 is 0. The van der Waals surface area contributed by atoms with Crippen LogP contribution in [0.3, 0.4) is 0 Å². The van der Waals surface area contributed by atoms with Crippen LogP contribution < -0.4 is 10.2 Å². The number of hydrogen-bond donors (Lipinski definition) is 2. The number of likely N-dealkylation sites (N-methyl/N-ethyl adjacent to an activating group) is 1. The molecule has 1 saturated carbocycles. The smallest absolute Gasteiger partial charge is 0.0602 e. The summed E-state index contributed by atoms with van der Waals surface area (Å²) in [5, 5.41) is 12.8. The van der Waals surface area contributed by atoms with E-state index in [0.717, 1.165) is 6.54 Å². The van der Waals surface area contributed by atoms with Crippen LogP contribution in [0.1, 0.15) is 18.4 Å². The van der Waals surface area contributed by atoms with Gasteiger partial charge in [-0.15, -0.1) is 0 Å². The molecule has 0 radical (unpaired) electrons. The molecule has 0 saturated heterocycles. The van der Waals surface area contributed by atoms with Gasteiger partial charge in [-0.3, -0.25) is 0 Å². The Kier molecular flexibility index (Phi) is 4.02. The zero-order valence-electron chi connectivity index (χ0n) is 10.7. The van der Waals surface area contributed by atoms with Gasteiger partial charge in [0.05, 0.1) is 6.61 Å². The van der Waals surface area contributed by atoms with E-state index in [-0.39, 0.29) is 12.6 Å². The SMILES string of the molecule is Cc1ccc(N(C)CC(CO)NC2CC2)cc1. The highest BCUT2D eigenvalue weighted by molar-refractivity contribution is 5.46. The fraction of sp³-hybridized carbons (Fsp3) is 0.571. The van der Waals surface area contributed by atoms with Gasteiger partial charge in [-0.05, 0) is 31.9 Å². The van der Waals surface area contributed by atoms with Gasteiger partial charge in [-0.1, -0.05) is 17.7 Å². The van der Waals surface area contributed by atoms with E-state index < -0.39 is 0 Å². The molecule has 2 rings (SSSR count). The second-order valence-corrected chi connectivity index (χ2v) is 5.04. The number of nitrogens with one attached hydrogen (secondary N) is 1. The number of hydrogen-bond acceptors (Lipinski definition) is 3. The highest BCUT2D eigenvalue weighted by Crippen LogP contribution is 2.20. The van der Waals surface area contributed by atoms with Crippen LogP contribution in [0, 0.1) is 6.92 Å². The van der Waals surface area contributed by atoms with Crippen molar-refractivity contribution in [1.82, 2.24) is 5.32 Å². The first-order chi connectivity index (χ1) is 8.19. The third-order valence-electron chi connectivity index (χ3n) is 3.24. The Morgan fingerprint density at radius 1 is 1.35 bits per heavy atom. The van der Waals surface area contributed by atoms with Gasteiger partial charge >= 0.3 is 0 Å². The fourth-order valence-electron chi connectivity index (χ4n) is 1.98. The zero-order chi connectivity index (χ0) is 12.3. The first-order valence-corrected chi connectivity index (χ1v) is 6.33. The molecule has 1 fully saturated rings. The maximum absolute atomic E-state index is 9.35. The summed E-state index contributed by atoms with van der Waals surface area (Å²) in [6.45, 7) is 3.14. The lowest BCUT2D eigenvalue weighted by Crippen LogP contribution is -2.43. The van der Waals surface area contributed by atoms with Gasteiger partial charge < -0.3 is 15.3 Å². The van der Waals surface area contributed by atoms with Crippen molar-refractivity contribution in [1.29, 1.82) is 0 Å². The fourth-order valence-corrected chi connectivity index (χ4v) is 1.98. The number of aliphatic hydroxyl groups excluding tert-OH is 1. The zero-order valence-corrected chi connectivity index (χ0v) is 10.7. The third kappa shape index (κ3) is 3.72. The largest absolute Gasteiger partial charge is 0.395 e. The Hall–Kier alpha value is -1.06. The number of nitrogens with zero attached hydrogens (tertiary/aromatic N) is 1. The van der Waals surface area contributed by atoms with Crippen molar-refractivity contribution in [3.05, 3.63) is 29.8 Å². The van der Waals surface area contributed by atoms with Crippen LogP contribution in [0.25, 0.3) is 0 Å². The van der Waals surface area contributed by atoms with Crippen molar-refractivity contribution in [3.8, 4) is 0 Å². The second kappa shape index (κ2) is 5.52. The molecule has 0 amide bonds. The number of benzene rings is 1. The lowest BCUT2D eigenvalue weighted by molar-refractivity contribution is 0.243. The predicted molar refractivity (Wildman–Crippen MR) is 71.5 cm³/mol. The minimum atomic E-state index is 0.175. The first-order valence-electron chi connectivity index (χ1n) is 6.33. The minimum absolute atomic E-state index is 0.175. The average Bonchev–Trinajstić information content (AvgIpc) is 3.13. The molecule has 0 bridgehead atoms. The monoisotopic (exact) mass is 234 g/mol. The molecule has 0 heterocycles. The normalized spacial score (nSPS) is 16.9. The molecule has 3 heteroatoms. The van der Waals surface area contributed by atoms with Crippen LogP contribution in [0.2, 0.25) is 0 Å². The van der Waals surface area contributed by atoms with Crippen LogP contribution in [-0.4, -0.2) is 37.4 Å². The van der Waals surface area contributed by atoms with Crippen LogP contribution >= 0.6 is 0 Å². The Balaban J connectivity index is 1.89. The number of aliphatic hydroxyl groups is 1. The molecule has 0 aliphatic heterocycles. The summed E-state index contributed by atoms with van der Waals surface area (Å²) < 4.78 is 0. The van der Waals surface area contributed by atoms with Crippen molar-refractivity contribution in [3.63, 3.8) is 0 Å². The van der Waals surface area contributed by atoms with Crippen molar-refractivity contribution < 1.29 is 5.11 Å². The van der Waals surface area contributed by atoms with E-state index in [0.29, 0.717) is 6.04 Å². The summed E-state index contributed by atoms with van der Waals surface area (Å²) in [6.07, 6.45) is 2.51. The molecule has 1 atom stereocenters. The molecule has 1 aromatic carbocycles. The van der Waals surface area contributed by atoms with Crippen molar-refractivity contribution in [2.45, 2.75) is 31.8 Å². The lowest BCUT2D eigenvalue weighted by atomic mass is 10.2. The maximum atomic E-state index is 9.35. The minimum Gasteiger partial charge on any atom is -0.395 e. The van der Waals surface area contributed by atoms with E-state index >= 15 is 0 Å². The lowest BCUT2D eigenvalue weighted by Gasteiger charge is -2.25. The van der Waals surface area contributed by atoms with E-state index in [1.165, 1.54) is 24.1 Å². The van der Waals surface area contributed by atoms with Gasteiger partial charge in [-0.2, -0.15) is 0 Å². The van der Waals surface area contributed by atoms with Gasteiger partial charge in [0.25, 0.3) is 0 Å². The van der Waals surface area contributed by atoms with Crippen LogP contribution in [0.15, 0.2) is 24.3 Å². The summed E-state index contributed by atoms with van der Waals surface area (Å²) in [5.74, 6) is 0. The molecule has 2 N–H and O–H groups in total. The number of rotatable bonds is 6. The van der Waals surface area contributed by atoms with E-state index in [1.807, 2.05) is 0 Å². The quantitative estimate of drug-likeness (QED) is 0.784. The molecule has 94 valence electrons. The molecule has 0 spiro atoms. The Bertz CT molecular complexity index is 346.